The van der Waals surface area contributed by atoms with Gasteiger partial charge in [-0.05, 0) is 25.5 Å². The molecule has 6 nitrogen and oxygen atoms in total. The highest BCUT2D eigenvalue weighted by Crippen LogP contribution is 2.24. The summed E-state index contributed by atoms with van der Waals surface area (Å²) in [4.78, 5) is 12.9. The van der Waals surface area contributed by atoms with Crippen molar-refractivity contribution in [2.75, 3.05) is 17.6 Å². The Morgan fingerprint density at radius 2 is 2.27 bits per heavy atom. The fourth-order valence-electron chi connectivity index (χ4n) is 1.85. The van der Waals surface area contributed by atoms with Crippen LogP contribution < -0.4 is 5.32 Å². The fourth-order valence-corrected chi connectivity index (χ4v) is 3.49. The van der Waals surface area contributed by atoms with Crippen LogP contribution in [0.3, 0.4) is 0 Å². The van der Waals surface area contributed by atoms with Crippen molar-refractivity contribution in [3.8, 4) is 11.5 Å². The highest BCUT2D eigenvalue weighted by Gasteiger charge is 2.11. The van der Waals surface area contributed by atoms with Gasteiger partial charge in [0.25, 0.3) is 5.89 Å². The van der Waals surface area contributed by atoms with Crippen LogP contribution in [0.15, 0.2) is 38.8 Å². The van der Waals surface area contributed by atoms with Gasteiger partial charge in [0, 0.05) is 30.1 Å². The zero-order valence-electron chi connectivity index (χ0n) is 12.0. The molecule has 0 spiro atoms. The van der Waals surface area contributed by atoms with Gasteiger partial charge in [0.1, 0.15) is 10.2 Å². The van der Waals surface area contributed by atoms with Crippen molar-refractivity contribution in [2.45, 2.75) is 17.7 Å². The average Bonchev–Trinajstić information content (AvgIpc) is 3.19. The van der Waals surface area contributed by atoms with Crippen molar-refractivity contribution in [3.05, 3.63) is 35.7 Å². The Morgan fingerprint density at radius 1 is 1.32 bits per heavy atom. The number of aryl methyl sites for hydroxylation is 1. The van der Waals surface area contributed by atoms with Gasteiger partial charge in [0.2, 0.25) is 0 Å². The monoisotopic (exact) mass is 333 g/mol. The van der Waals surface area contributed by atoms with E-state index >= 15 is 0 Å². The number of hydrogen-bond acceptors (Lipinski definition) is 8. The highest BCUT2D eigenvalue weighted by atomic mass is 32.2. The Labute approximate surface area is 136 Å². The van der Waals surface area contributed by atoms with Crippen molar-refractivity contribution in [1.82, 2.24) is 20.1 Å². The Balaban J connectivity index is 1.54. The molecule has 0 aromatic carbocycles. The fraction of sp³-hybridized carbons (Fsp3) is 0.286. The minimum atomic E-state index is 0.491. The van der Waals surface area contributed by atoms with E-state index in [0.29, 0.717) is 11.7 Å². The lowest BCUT2D eigenvalue weighted by atomic mass is 10.2. The van der Waals surface area contributed by atoms with E-state index in [4.69, 9.17) is 4.52 Å². The van der Waals surface area contributed by atoms with Crippen molar-refractivity contribution in [2.24, 2.45) is 0 Å². The number of thioether (sulfide) groups is 1. The van der Waals surface area contributed by atoms with Crippen LogP contribution in [0.1, 0.15) is 12.2 Å². The first-order valence-corrected chi connectivity index (χ1v) is 8.71. The maximum atomic E-state index is 5.22. The molecule has 0 bridgehead atoms. The molecule has 3 aromatic rings. The van der Waals surface area contributed by atoms with Crippen molar-refractivity contribution < 1.29 is 4.52 Å². The van der Waals surface area contributed by atoms with Crippen molar-refractivity contribution in [1.29, 1.82) is 0 Å². The van der Waals surface area contributed by atoms with Gasteiger partial charge in [-0.2, -0.15) is 4.98 Å². The molecule has 0 unspecified atom stereocenters. The van der Waals surface area contributed by atoms with Crippen LogP contribution in [-0.4, -0.2) is 32.4 Å². The molecule has 114 valence electrons. The molecule has 3 heterocycles. The van der Waals surface area contributed by atoms with Gasteiger partial charge in [0.05, 0.1) is 5.56 Å². The Bertz CT molecular complexity index is 714. The topological polar surface area (TPSA) is 76.7 Å². The average molecular weight is 333 g/mol. The summed E-state index contributed by atoms with van der Waals surface area (Å²) in [6.07, 6.45) is 4.60. The van der Waals surface area contributed by atoms with Crippen LogP contribution in [0.4, 0.5) is 5.82 Å². The second-order valence-corrected chi connectivity index (χ2v) is 6.71. The third-order valence-electron chi connectivity index (χ3n) is 2.81. The molecule has 3 rings (SSSR count). The first kappa shape index (κ1) is 15.0. The van der Waals surface area contributed by atoms with E-state index in [1.54, 1.807) is 36.2 Å². The number of nitrogens with one attached hydrogen (secondary N) is 1. The number of thiazole rings is 1. The van der Waals surface area contributed by atoms with E-state index in [1.807, 2.05) is 23.7 Å². The first-order chi connectivity index (χ1) is 10.8. The second kappa shape index (κ2) is 7.37. The molecule has 0 saturated heterocycles. The second-order valence-electron chi connectivity index (χ2n) is 4.47. The zero-order valence-corrected chi connectivity index (χ0v) is 13.7. The predicted octanol–water partition coefficient (Wildman–Crippen LogP) is 3.49. The molecule has 0 fully saturated rings. The van der Waals surface area contributed by atoms with E-state index < -0.39 is 0 Å². The standard InChI is InChI=1S/C14H15N5OS2/c1-10-18-13(20-19-10)11-4-2-5-15-12(11)16-6-3-8-21-14-17-7-9-22-14/h2,4-5,7,9H,3,6,8H2,1H3,(H,15,16). The molecule has 3 aromatic heterocycles. The van der Waals surface area contributed by atoms with Gasteiger partial charge in [-0.3, -0.25) is 0 Å². The van der Waals surface area contributed by atoms with Gasteiger partial charge >= 0.3 is 0 Å². The Morgan fingerprint density at radius 3 is 3.05 bits per heavy atom. The lowest BCUT2D eigenvalue weighted by molar-refractivity contribution is 0.425. The van der Waals surface area contributed by atoms with Gasteiger partial charge in [-0.25, -0.2) is 9.97 Å². The Hall–Kier alpha value is -1.93. The van der Waals surface area contributed by atoms with Crippen LogP contribution in [0.2, 0.25) is 0 Å². The van der Waals surface area contributed by atoms with Gasteiger partial charge in [0.15, 0.2) is 5.82 Å². The van der Waals surface area contributed by atoms with Crippen LogP contribution in [0.25, 0.3) is 11.5 Å². The number of aromatic nitrogens is 4. The summed E-state index contributed by atoms with van der Waals surface area (Å²) in [6, 6.07) is 3.78. The summed E-state index contributed by atoms with van der Waals surface area (Å²) in [5.74, 6) is 2.89. The number of nitrogens with zero attached hydrogens (tertiary/aromatic N) is 4. The maximum absolute atomic E-state index is 5.22. The predicted molar refractivity (Wildman–Crippen MR) is 88.2 cm³/mol. The molecule has 8 heteroatoms. The van der Waals surface area contributed by atoms with E-state index in [2.05, 4.69) is 25.4 Å². The van der Waals surface area contributed by atoms with Gasteiger partial charge in [-0.1, -0.05) is 16.9 Å². The molecule has 1 N–H and O–H groups in total. The van der Waals surface area contributed by atoms with Crippen LogP contribution in [0.5, 0.6) is 0 Å². The summed E-state index contributed by atoms with van der Waals surface area (Å²) < 4.78 is 6.33. The first-order valence-electron chi connectivity index (χ1n) is 6.85. The van der Waals surface area contributed by atoms with E-state index in [9.17, 15) is 0 Å². The van der Waals surface area contributed by atoms with E-state index in [-0.39, 0.29) is 0 Å². The third-order valence-corrected chi connectivity index (χ3v) is 4.87. The maximum Gasteiger partial charge on any atom is 0.261 e. The minimum Gasteiger partial charge on any atom is -0.369 e. The molecule has 0 aliphatic rings. The van der Waals surface area contributed by atoms with Crippen molar-refractivity contribution in [3.63, 3.8) is 0 Å². The minimum absolute atomic E-state index is 0.491. The van der Waals surface area contributed by atoms with Crippen LogP contribution >= 0.6 is 23.1 Å². The summed E-state index contributed by atoms with van der Waals surface area (Å²) in [5, 5.41) is 9.15. The summed E-state index contributed by atoms with van der Waals surface area (Å²) >= 11 is 3.44. The largest absolute Gasteiger partial charge is 0.369 e. The van der Waals surface area contributed by atoms with E-state index in [0.717, 1.165) is 34.4 Å². The van der Waals surface area contributed by atoms with Crippen LogP contribution in [0, 0.1) is 6.92 Å². The number of rotatable bonds is 7. The molecular weight excluding hydrogens is 318 g/mol. The number of hydrogen-bond donors (Lipinski definition) is 1. The van der Waals surface area contributed by atoms with Crippen molar-refractivity contribution >= 4 is 28.9 Å². The van der Waals surface area contributed by atoms with Gasteiger partial charge < -0.3 is 9.84 Å². The third kappa shape index (κ3) is 3.83. The molecule has 22 heavy (non-hydrogen) atoms. The molecular formula is C14H15N5OS2. The number of pyridine rings is 1. The molecule has 0 aliphatic carbocycles. The SMILES string of the molecule is Cc1noc(-c2cccnc2NCCCSc2nccs2)n1. The highest BCUT2D eigenvalue weighted by molar-refractivity contribution is 8.00. The Kier molecular flexibility index (Phi) is 5.02. The number of anilines is 1. The lowest BCUT2D eigenvalue weighted by Crippen LogP contribution is -2.05. The summed E-state index contributed by atoms with van der Waals surface area (Å²) in [5.41, 5.74) is 0.829. The molecule has 0 radical (unpaired) electrons. The summed E-state index contributed by atoms with van der Waals surface area (Å²) in [7, 11) is 0. The quantitative estimate of drug-likeness (QED) is 0.524. The normalized spacial score (nSPS) is 10.8. The zero-order chi connectivity index (χ0) is 15.2. The van der Waals surface area contributed by atoms with Crippen LogP contribution in [-0.2, 0) is 0 Å². The molecule has 0 amide bonds. The smallest absolute Gasteiger partial charge is 0.261 e. The molecule has 0 aliphatic heterocycles. The molecule has 0 atom stereocenters. The summed E-state index contributed by atoms with van der Waals surface area (Å²) in [6.45, 7) is 2.63. The molecule has 0 saturated carbocycles. The van der Waals surface area contributed by atoms with Gasteiger partial charge in [-0.15, -0.1) is 11.3 Å². The lowest BCUT2D eigenvalue weighted by Gasteiger charge is -2.07. The van der Waals surface area contributed by atoms with E-state index in [1.165, 1.54) is 0 Å².